The van der Waals surface area contributed by atoms with E-state index in [1.165, 1.54) is 57.5 Å². The molecule has 0 aliphatic heterocycles. The Kier molecular flexibility index (Phi) is 5.94. The molecule has 0 heterocycles. The Labute approximate surface area is 144 Å². The summed E-state index contributed by atoms with van der Waals surface area (Å²) in [6, 6.07) is 9.80. The van der Waals surface area contributed by atoms with Gasteiger partial charge in [0.15, 0.2) is 17.6 Å². The van der Waals surface area contributed by atoms with E-state index in [2.05, 4.69) is 5.32 Å². The molecule has 0 aromatic heterocycles. The number of benzene rings is 2. The number of rotatable bonds is 6. The van der Waals surface area contributed by atoms with Crippen LogP contribution >= 0.6 is 0 Å². The molecular weight excluding hydrogens is 329 g/mol. The molecule has 2 aromatic rings. The monoisotopic (exact) mass is 347 g/mol. The molecule has 2 aromatic carbocycles. The van der Waals surface area contributed by atoms with Crippen LogP contribution in [0.1, 0.15) is 17.3 Å². The predicted octanol–water partition coefficient (Wildman–Crippen LogP) is 3.03. The number of hydrogen-bond acceptors (Lipinski definition) is 5. The van der Waals surface area contributed by atoms with Crippen molar-refractivity contribution in [3.05, 3.63) is 53.8 Å². The maximum Gasteiger partial charge on any atom is 0.339 e. The second kappa shape index (κ2) is 8.14. The summed E-state index contributed by atoms with van der Waals surface area (Å²) in [6.45, 7) is 1.44. The molecule has 0 saturated carbocycles. The predicted molar refractivity (Wildman–Crippen MR) is 89.5 cm³/mol. The summed E-state index contributed by atoms with van der Waals surface area (Å²) in [5.41, 5.74) is 0.625. The highest BCUT2D eigenvalue weighted by Crippen LogP contribution is 2.27. The number of hydrogen-bond donors (Lipinski definition) is 1. The zero-order valence-electron chi connectivity index (χ0n) is 14.0. The lowest BCUT2D eigenvalue weighted by Gasteiger charge is -2.14. The number of ether oxygens (including phenoxy) is 3. The topological polar surface area (TPSA) is 73.9 Å². The highest BCUT2D eigenvalue weighted by Gasteiger charge is 2.20. The Balaban J connectivity index is 2.01. The van der Waals surface area contributed by atoms with Crippen LogP contribution in [-0.2, 0) is 9.53 Å². The third-order valence-corrected chi connectivity index (χ3v) is 3.38. The van der Waals surface area contributed by atoms with E-state index in [1.807, 2.05) is 0 Å². The number of carbonyl (C=O) groups excluding carboxylic acids is 2. The number of amides is 1. The first kappa shape index (κ1) is 18.3. The van der Waals surface area contributed by atoms with Crippen molar-refractivity contribution in [1.29, 1.82) is 0 Å². The van der Waals surface area contributed by atoms with Crippen LogP contribution in [-0.4, -0.2) is 32.2 Å². The second-order valence-electron chi connectivity index (χ2n) is 5.11. The van der Waals surface area contributed by atoms with Crippen LogP contribution in [0.2, 0.25) is 0 Å². The largest absolute Gasteiger partial charge is 0.493 e. The van der Waals surface area contributed by atoms with E-state index < -0.39 is 23.8 Å². The smallest absolute Gasteiger partial charge is 0.339 e. The zero-order valence-corrected chi connectivity index (χ0v) is 14.0. The molecule has 0 bridgehead atoms. The standard InChI is InChI=1S/C18H18FNO5/c1-11(17(21)20-14-7-5-13(19)6-8-14)25-18(22)12-4-9-15(23-2)16(10-12)24-3/h4-11H,1-3H3,(H,20,21). The van der Waals surface area contributed by atoms with Gasteiger partial charge in [-0.1, -0.05) is 0 Å². The molecule has 2 rings (SSSR count). The molecule has 132 valence electrons. The minimum atomic E-state index is -1.04. The Morgan fingerprint density at radius 2 is 1.64 bits per heavy atom. The number of anilines is 1. The Bertz CT molecular complexity index is 761. The van der Waals surface area contributed by atoms with Crippen molar-refractivity contribution in [3.63, 3.8) is 0 Å². The van der Waals surface area contributed by atoms with Gasteiger partial charge in [0.05, 0.1) is 19.8 Å². The van der Waals surface area contributed by atoms with Gasteiger partial charge in [-0.2, -0.15) is 0 Å². The van der Waals surface area contributed by atoms with Gasteiger partial charge in [0.25, 0.3) is 5.91 Å². The molecule has 6 nitrogen and oxygen atoms in total. The summed E-state index contributed by atoms with van der Waals surface area (Å²) in [6.07, 6.45) is -1.04. The fraction of sp³-hybridized carbons (Fsp3) is 0.222. The van der Waals surface area contributed by atoms with Crippen molar-refractivity contribution in [1.82, 2.24) is 0 Å². The molecule has 0 radical (unpaired) electrons. The summed E-state index contributed by atoms with van der Waals surface area (Å²) in [7, 11) is 2.93. The third-order valence-electron chi connectivity index (χ3n) is 3.38. The van der Waals surface area contributed by atoms with Crippen LogP contribution in [0.25, 0.3) is 0 Å². The van der Waals surface area contributed by atoms with Crippen LogP contribution in [0.4, 0.5) is 10.1 Å². The van der Waals surface area contributed by atoms with Crippen molar-refractivity contribution < 1.29 is 28.2 Å². The normalized spacial score (nSPS) is 11.4. The van der Waals surface area contributed by atoms with Gasteiger partial charge in [-0.25, -0.2) is 9.18 Å². The Morgan fingerprint density at radius 1 is 1.00 bits per heavy atom. The Hall–Kier alpha value is -3.09. The van der Waals surface area contributed by atoms with Crippen LogP contribution in [0.15, 0.2) is 42.5 Å². The SMILES string of the molecule is COc1ccc(C(=O)OC(C)C(=O)Nc2ccc(F)cc2)cc1OC. The van der Waals surface area contributed by atoms with Gasteiger partial charge < -0.3 is 19.5 Å². The van der Waals surface area contributed by atoms with Crippen molar-refractivity contribution >= 4 is 17.6 Å². The molecule has 1 atom stereocenters. The third kappa shape index (κ3) is 4.69. The lowest BCUT2D eigenvalue weighted by Crippen LogP contribution is -2.30. The van der Waals surface area contributed by atoms with E-state index in [-0.39, 0.29) is 5.56 Å². The van der Waals surface area contributed by atoms with Gasteiger partial charge in [0, 0.05) is 5.69 Å². The molecule has 25 heavy (non-hydrogen) atoms. The molecule has 0 aliphatic carbocycles. The minimum absolute atomic E-state index is 0.221. The number of methoxy groups -OCH3 is 2. The van der Waals surface area contributed by atoms with E-state index >= 15 is 0 Å². The maximum absolute atomic E-state index is 12.9. The average molecular weight is 347 g/mol. The highest BCUT2D eigenvalue weighted by molar-refractivity contribution is 5.97. The average Bonchev–Trinajstić information content (AvgIpc) is 2.62. The van der Waals surface area contributed by atoms with Gasteiger partial charge in [-0.15, -0.1) is 0 Å². The summed E-state index contributed by atoms with van der Waals surface area (Å²) in [4.78, 5) is 24.2. The van der Waals surface area contributed by atoms with Crippen molar-refractivity contribution in [2.24, 2.45) is 0 Å². The molecule has 0 saturated heterocycles. The molecule has 0 spiro atoms. The highest BCUT2D eigenvalue weighted by atomic mass is 19.1. The Morgan fingerprint density at radius 3 is 2.24 bits per heavy atom. The number of carbonyl (C=O) groups is 2. The van der Waals surface area contributed by atoms with Gasteiger partial charge in [-0.05, 0) is 49.4 Å². The van der Waals surface area contributed by atoms with Crippen LogP contribution in [0.5, 0.6) is 11.5 Å². The van der Waals surface area contributed by atoms with Gasteiger partial charge >= 0.3 is 5.97 Å². The molecule has 1 amide bonds. The molecular formula is C18H18FNO5. The van der Waals surface area contributed by atoms with Gasteiger partial charge in [0.1, 0.15) is 5.82 Å². The van der Waals surface area contributed by atoms with Crippen molar-refractivity contribution in [3.8, 4) is 11.5 Å². The summed E-state index contributed by atoms with van der Waals surface area (Å²) in [5, 5.41) is 2.54. The summed E-state index contributed by atoms with van der Waals surface area (Å²) < 4.78 is 28.2. The lowest BCUT2D eigenvalue weighted by atomic mass is 10.2. The maximum atomic E-state index is 12.9. The fourth-order valence-corrected chi connectivity index (χ4v) is 2.02. The van der Waals surface area contributed by atoms with Crippen LogP contribution in [0.3, 0.4) is 0 Å². The summed E-state index contributed by atoms with van der Waals surface area (Å²) >= 11 is 0. The van der Waals surface area contributed by atoms with Crippen molar-refractivity contribution in [2.75, 3.05) is 19.5 Å². The van der Waals surface area contributed by atoms with E-state index in [9.17, 15) is 14.0 Å². The van der Waals surface area contributed by atoms with E-state index in [1.54, 1.807) is 6.07 Å². The first-order valence-electron chi connectivity index (χ1n) is 7.44. The second-order valence-corrected chi connectivity index (χ2v) is 5.11. The first-order valence-corrected chi connectivity index (χ1v) is 7.44. The molecule has 1 N–H and O–H groups in total. The van der Waals surface area contributed by atoms with E-state index in [0.29, 0.717) is 17.2 Å². The van der Waals surface area contributed by atoms with Crippen LogP contribution in [0, 0.1) is 5.82 Å². The van der Waals surface area contributed by atoms with E-state index in [4.69, 9.17) is 14.2 Å². The molecule has 0 aliphatic rings. The summed E-state index contributed by atoms with van der Waals surface area (Å²) in [5.74, 6) is -0.768. The van der Waals surface area contributed by atoms with Crippen LogP contribution < -0.4 is 14.8 Å². The number of halogens is 1. The molecule has 7 heteroatoms. The zero-order chi connectivity index (χ0) is 18.4. The fourth-order valence-electron chi connectivity index (χ4n) is 2.02. The van der Waals surface area contributed by atoms with E-state index in [0.717, 1.165) is 0 Å². The van der Waals surface area contributed by atoms with Gasteiger partial charge in [-0.3, -0.25) is 4.79 Å². The number of esters is 1. The molecule has 0 fully saturated rings. The van der Waals surface area contributed by atoms with Gasteiger partial charge in [0.2, 0.25) is 0 Å². The first-order chi connectivity index (χ1) is 11.9. The lowest BCUT2D eigenvalue weighted by molar-refractivity contribution is -0.123. The quantitative estimate of drug-likeness (QED) is 0.813. The minimum Gasteiger partial charge on any atom is -0.493 e. The molecule has 1 unspecified atom stereocenters. The van der Waals surface area contributed by atoms with Crippen molar-refractivity contribution in [2.45, 2.75) is 13.0 Å². The number of nitrogens with one attached hydrogen (secondary N) is 1.